The molecule has 2 aliphatic rings. The van der Waals surface area contributed by atoms with E-state index in [1.165, 1.54) is 0 Å². The maximum Gasteiger partial charge on any atom is 0.306 e. The topological polar surface area (TPSA) is 46.5 Å². The highest BCUT2D eigenvalue weighted by molar-refractivity contribution is 8.17. The molecule has 2 fully saturated rings. The van der Waals surface area contributed by atoms with Crippen LogP contribution in [0.25, 0.3) is 0 Å². The van der Waals surface area contributed by atoms with Gasteiger partial charge >= 0.3 is 5.97 Å². The number of fused-ring (bicyclic) bond motifs is 1. The molecule has 5 heteroatoms. The Morgan fingerprint density at radius 2 is 2.06 bits per heavy atom. The van der Waals surface area contributed by atoms with Crippen LogP contribution in [0, 0.1) is 17.8 Å². The molecular weight excluding hydrogens is 268 g/mol. The van der Waals surface area contributed by atoms with Gasteiger partial charge in [0, 0.05) is 12.5 Å². The van der Waals surface area contributed by atoms with E-state index in [-0.39, 0.29) is 18.7 Å². The van der Waals surface area contributed by atoms with Gasteiger partial charge in [-0.15, -0.1) is 23.5 Å². The van der Waals surface area contributed by atoms with E-state index in [1.54, 1.807) is 0 Å². The van der Waals surface area contributed by atoms with E-state index in [0.29, 0.717) is 28.8 Å². The fraction of sp³-hybridized carbons (Fsp3) is 0.923. The van der Waals surface area contributed by atoms with Crippen LogP contribution in [-0.2, 0) is 9.53 Å². The largest absolute Gasteiger partial charge is 0.462 e. The van der Waals surface area contributed by atoms with Crippen molar-refractivity contribution in [2.24, 2.45) is 17.8 Å². The van der Waals surface area contributed by atoms with E-state index in [1.807, 2.05) is 23.5 Å². The Kier molecular flexibility index (Phi) is 5.27. The zero-order chi connectivity index (χ0) is 13.1. The molecule has 0 spiro atoms. The first-order chi connectivity index (χ1) is 8.71. The van der Waals surface area contributed by atoms with Crippen LogP contribution in [0.1, 0.15) is 26.7 Å². The second kappa shape index (κ2) is 6.53. The summed E-state index contributed by atoms with van der Waals surface area (Å²) >= 11 is 3.91. The Balaban J connectivity index is 2.12. The van der Waals surface area contributed by atoms with Gasteiger partial charge in [-0.25, -0.2) is 0 Å². The summed E-state index contributed by atoms with van der Waals surface area (Å²) in [5.74, 6) is 3.17. The number of hydrogen-bond acceptors (Lipinski definition) is 5. The molecule has 18 heavy (non-hydrogen) atoms. The first kappa shape index (κ1) is 14.5. The van der Waals surface area contributed by atoms with Gasteiger partial charge in [0.25, 0.3) is 0 Å². The van der Waals surface area contributed by atoms with Crippen molar-refractivity contribution in [1.29, 1.82) is 0 Å². The van der Waals surface area contributed by atoms with Gasteiger partial charge in [-0.2, -0.15) is 0 Å². The van der Waals surface area contributed by atoms with Crippen LogP contribution < -0.4 is 0 Å². The number of thioether (sulfide) groups is 2. The molecule has 1 aliphatic heterocycles. The predicted octanol–water partition coefficient (Wildman–Crippen LogP) is 2.38. The van der Waals surface area contributed by atoms with Gasteiger partial charge < -0.3 is 9.84 Å². The molecule has 1 saturated heterocycles. The molecule has 1 aliphatic carbocycles. The quantitative estimate of drug-likeness (QED) is 0.601. The molecule has 3 nitrogen and oxygen atoms in total. The SMILES string of the molecule is CCSC(SCC)C1[C@H](CO)C[C@@H]2OC(=O)C[C@H]12. The Morgan fingerprint density at radius 1 is 1.39 bits per heavy atom. The van der Waals surface area contributed by atoms with Gasteiger partial charge in [0.2, 0.25) is 0 Å². The standard InChI is InChI=1S/C13H22O3S2/c1-3-17-13(18-4-2)12-8(7-14)5-10-9(12)6-11(15)16-10/h8-10,12-14H,3-7H2,1-2H3/t8-,9-,10-,12?/m0/s1. The third kappa shape index (κ3) is 2.83. The van der Waals surface area contributed by atoms with E-state index in [4.69, 9.17) is 4.74 Å². The number of carbonyl (C=O) groups is 1. The summed E-state index contributed by atoms with van der Waals surface area (Å²) in [6.07, 6.45) is 1.47. The van der Waals surface area contributed by atoms with Crippen LogP contribution in [0.3, 0.4) is 0 Å². The van der Waals surface area contributed by atoms with Crippen LogP contribution in [-0.4, -0.2) is 39.9 Å². The summed E-state index contributed by atoms with van der Waals surface area (Å²) in [5.41, 5.74) is 0. The molecule has 104 valence electrons. The Hall–Kier alpha value is 0.130. The molecule has 0 aromatic carbocycles. The van der Waals surface area contributed by atoms with Crippen molar-refractivity contribution in [3.63, 3.8) is 0 Å². The van der Waals surface area contributed by atoms with Crippen molar-refractivity contribution < 1.29 is 14.6 Å². The molecule has 0 amide bonds. The van der Waals surface area contributed by atoms with Crippen molar-refractivity contribution in [3.8, 4) is 0 Å². The van der Waals surface area contributed by atoms with Crippen molar-refractivity contribution in [1.82, 2.24) is 0 Å². The van der Waals surface area contributed by atoms with Crippen molar-refractivity contribution >= 4 is 29.5 Å². The van der Waals surface area contributed by atoms with E-state index >= 15 is 0 Å². The van der Waals surface area contributed by atoms with Crippen molar-refractivity contribution in [2.45, 2.75) is 37.4 Å². The number of esters is 1. The summed E-state index contributed by atoms with van der Waals surface area (Å²) < 4.78 is 5.87. The molecule has 0 radical (unpaired) electrons. The molecule has 1 N–H and O–H groups in total. The molecule has 2 rings (SSSR count). The van der Waals surface area contributed by atoms with E-state index in [0.717, 1.165) is 17.9 Å². The minimum atomic E-state index is -0.0480. The second-order valence-electron chi connectivity index (χ2n) is 4.93. The first-order valence-corrected chi connectivity index (χ1v) is 8.84. The predicted molar refractivity (Wildman–Crippen MR) is 76.7 cm³/mol. The smallest absolute Gasteiger partial charge is 0.306 e. The van der Waals surface area contributed by atoms with Gasteiger partial charge in [0.1, 0.15) is 6.10 Å². The van der Waals surface area contributed by atoms with Crippen LogP contribution in [0.2, 0.25) is 0 Å². The Bertz CT molecular complexity index is 292. The second-order valence-corrected chi connectivity index (χ2v) is 8.07. The minimum Gasteiger partial charge on any atom is -0.462 e. The molecular formula is C13H22O3S2. The van der Waals surface area contributed by atoms with Gasteiger partial charge in [0.15, 0.2) is 0 Å². The van der Waals surface area contributed by atoms with Crippen molar-refractivity contribution in [2.75, 3.05) is 18.1 Å². The third-order valence-corrected chi connectivity index (χ3v) is 6.72. The molecule has 4 atom stereocenters. The maximum atomic E-state index is 11.4. The molecule has 0 aromatic rings. The first-order valence-electron chi connectivity index (χ1n) is 6.74. The zero-order valence-corrected chi connectivity index (χ0v) is 12.6. The lowest BCUT2D eigenvalue weighted by molar-refractivity contribution is -0.141. The fourth-order valence-corrected chi connectivity index (χ4v) is 6.41. The van der Waals surface area contributed by atoms with E-state index in [9.17, 15) is 9.90 Å². The molecule has 1 heterocycles. The summed E-state index contributed by atoms with van der Waals surface area (Å²) in [7, 11) is 0. The summed E-state index contributed by atoms with van der Waals surface area (Å²) in [4.78, 5) is 11.4. The maximum absolute atomic E-state index is 11.4. The van der Waals surface area contributed by atoms with Gasteiger partial charge in [-0.1, -0.05) is 13.8 Å². The number of carbonyl (C=O) groups excluding carboxylic acids is 1. The lowest BCUT2D eigenvalue weighted by Crippen LogP contribution is -2.28. The van der Waals surface area contributed by atoms with Crippen LogP contribution in [0.4, 0.5) is 0 Å². The third-order valence-electron chi connectivity index (χ3n) is 3.95. The highest BCUT2D eigenvalue weighted by Crippen LogP contribution is 2.51. The van der Waals surface area contributed by atoms with E-state index < -0.39 is 0 Å². The lowest BCUT2D eigenvalue weighted by atomic mass is 9.89. The highest BCUT2D eigenvalue weighted by Gasteiger charge is 2.52. The Labute approximate surface area is 117 Å². The summed E-state index contributed by atoms with van der Waals surface area (Å²) in [5, 5.41) is 9.58. The number of aliphatic hydroxyl groups excluding tert-OH is 1. The number of aliphatic hydroxyl groups is 1. The fourth-order valence-electron chi connectivity index (χ4n) is 3.26. The summed E-state index contributed by atoms with van der Waals surface area (Å²) in [6.45, 7) is 4.56. The average Bonchev–Trinajstić information content (AvgIpc) is 2.84. The highest BCUT2D eigenvalue weighted by atomic mass is 32.2. The molecule has 0 aromatic heterocycles. The van der Waals surface area contributed by atoms with Gasteiger partial charge in [0.05, 0.1) is 11.0 Å². The Morgan fingerprint density at radius 3 is 2.61 bits per heavy atom. The number of hydrogen-bond donors (Lipinski definition) is 1. The van der Waals surface area contributed by atoms with Gasteiger partial charge in [-0.05, 0) is 29.8 Å². The molecule has 1 saturated carbocycles. The monoisotopic (exact) mass is 290 g/mol. The molecule has 1 unspecified atom stereocenters. The lowest BCUT2D eigenvalue weighted by Gasteiger charge is -2.29. The minimum absolute atomic E-state index is 0.0480. The normalized spacial score (nSPS) is 35.0. The summed E-state index contributed by atoms with van der Waals surface area (Å²) in [6, 6.07) is 0. The van der Waals surface area contributed by atoms with E-state index in [2.05, 4.69) is 13.8 Å². The van der Waals surface area contributed by atoms with Crippen LogP contribution in [0.5, 0.6) is 0 Å². The molecule has 0 bridgehead atoms. The van der Waals surface area contributed by atoms with Gasteiger partial charge in [-0.3, -0.25) is 4.79 Å². The zero-order valence-electron chi connectivity index (χ0n) is 11.0. The number of ether oxygens (including phenoxy) is 1. The average molecular weight is 290 g/mol. The van der Waals surface area contributed by atoms with Crippen LogP contribution >= 0.6 is 23.5 Å². The number of rotatable bonds is 6. The van der Waals surface area contributed by atoms with Crippen molar-refractivity contribution in [3.05, 3.63) is 0 Å². The van der Waals surface area contributed by atoms with Crippen LogP contribution in [0.15, 0.2) is 0 Å².